The molecule has 0 aliphatic heterocycles. The minimum Gasteiger partial charge on any atom is -0.351 e. The van der Waals surface area contributed by atoms with Gasteiger partial charge in [0.05, 0.1) is 9.96 Å². The third kappa shape index (κ3) is 4.36. The van der Waals surface area contributed by atoms with Gasteiger partial charge in [0.1, 0.15) is 5.82 Å². The predicted molar refractivity (Wildman–Crippen MR) is 78.0 cm³/mol. The van der Waals surface area contributed by atoms with E-state index < -0.39 is 0 Å². The second-order valence-electron chi connectivity index (χ2n) is 4.08. The fraction of sp³-hybridized carbons (Fsp3) is 0.214. The SMILES string of the molecule is Cc1cc(CNC(=O)CSc2cccs2)ccc1F. The van der Waals surface area contributed by atoms with Crippen molar-refractivity contribution in [3.63, 3.8) is 0 Å². The van der Waals surface area contributed by atoms with Crippen molar-refractivity contribution >= 4 is 29.0 Å². The molecule has 5 heteroatoms. The molecule has 2 rings (SSSR count). The van der Waals surface area contributed by atoms with Crippen LogP contribution in [0, 0.1) is 12.7 Å². The second kappa shape index (κ2) is 6.73. The van der Waals surface area contributed by atoms with Crippen LogP contribution in [0.3, 0.4) is 0 Å². The highest BCUT2D eigenvalue weighted by Crippen LogP contribution is 2.22. The fourth-order valence-electron chi connectivity index (χ4n) is 1.55. The minimum absolute atomic E-state index is 0.0135. The zero-order valence-corrected chi connectivity index (χ0v) is 12.1. The molecule has 1 aromatic heterocycles. The molecule has 0 radical (unpaired) electrons. The van der Waals surface area contributed by atoms with Gasteiger partial charge >= 0.3 is 0 Å². The van der Waals surface area contributed by atoms with Crippen molar-refractivity contribution in [2.75, 3.05) is 5.75 Å². The first kappa shape index (κ1) is 14.1. The van der Waals surface area contributed by atoms with Crippen LogP contribution in [0.25, 0.3) is 0 Å². The van der Waals surface area contributed by atoms with E-state index in [0.29, 0.717) is 17.9 Å². The lowest BCUT2D eigenvalue weighted by Gasteiger charge is -2.06. The lowest BCUT2D eigenvalue weighted by molar-refractivity contribution is -0.118. The van der Waals surface area contributed by atoms with Crippen molar-refractivity contribution in [3.8, 4) is 0 Å². The maximum atomic E-state index is 13.1. The molecular weight excluding hydrogens is 281 g/mol. The van der Waals surface area contributed by atoms with Crippen LogP contribution in [0.15, 0.2) is 39.9 Å². The average Bonchev–Trinajstić information content (AvgIpc) is 2.91. The molecule has 0 unspecified atom stereocenters. The third-order valence-corrected chi connectivity index (χ3v) is 4.68. The van der Waals surface area contributed by atoms with Gasteiger partial charge in [0.25, 0.3) is 0 Å². The average molecular weight is 295 g/mol. The van der Waals surface area contributed by atoms with Crippen molar-refractivity contribution in [2.24, 2.45) is 0 Å². The van der Waals surface area contributed by atoms with E-state index in [1.165, 1.54) is 17.8 Å². The largest absolute Gasteiger partial charge is 0.351 e. The van der Waals surface area contributed by atoms with Crippen molar-refractivity contribution in [3.05, 3.63) is 52.7 Å². The number of amides is 1. The van der Waals surface area contributed by atoms with E-state index in [2.05, 4.69) is 5.32 Å². The van der Waals surface area contributed by atoms with Crippen molar-refractivity contribution in [1.29, 1.82) is 0 Å². The Hall–Kier alpha value is -1.33. The molecule has 100 valence electrons. The number of halogens is 1. The molecule has 0 saturated carbocycles. The molecule has 0 aliphatic carbocycles. The summed E-state index contributed by atoms with van der Waals surface area (Å²) < 4.78 is 14.2. The monoisotopic (exact) mass is 295 g/mol. The quantitative estimate of drug-likeness (QED) is 0.854. The van der Waals surface area contributed by atoms with Crippen LogP contribution in [-0.4, -0.2) is 11.7 Å². The number of thiophene rings is 1. The molecule has 0 bridgehead atoms. The topological polar surface area (TPSA) is 29.1 Å². The molecule has 19 heavy (non-hydrogen) atoms. The van der Waals surface area contributed by atoms with E-state index in [1.54, 1.807) is 30.4 Å². The smallest absolute Gasteiger partial charge is 0.230 e. The van der Waals surface area contributed by atoms with Crippen LogP contribution in [0.2, 0.25) is 0 Å². The Morgan fingerprint density at radius 2 is 2.26 bits per heavy atom. The first-order valence-corrected chi connectivity index (χ1v) is 7.70. The molecule has 0 aliphatic rings. The van der Waals surface area contributed by atoms with Gasteiger partial charge < -0.3 is 5.32 Å². The van der Waals surface area contributed by atoms with E-state index >= 15 is 0 Å². The first-order valence-electron chi connectivity index (χ1n) is 5.83. The van der Waals surface area contributed by atoms with Gasteiger partial charge in [-0.1, -0.05) is 18.2 Å². The molecule has 2 nitrogen and oxygen atoms in total. The molecule has 0 atom stereocenters. The van der Waals surface area contributed by atoms with E-state index in [0.717, 1.165) is 9.77 Å². The van der Waals surface area contributed by atoms with Crippen LogP contribution >= 0.6 is 23.1 Å². The summed E-state index contributed by atoms with van der Waals surface area (Å²) in [6, 6.07) is 8.83. The van der Waals surface area contributed by atoms with Crippen LogP contribution in [-0.2, 0) is 11.3 Å². The van der Waals surface area contributed by atoms with Crippen LogP contribution in [0.1, 0.15) is 11.1 Å². The lowest BCUT2D eigenvalue weighted by Crippen LogP contribution is -2.24. The maximum Gasteiger partial charge on any atom is 0.230 e. The van der Waals surface area contributed by atoms with Crippen molar-refractivity contribution in [2.45, 2.75) is 17.7 Å². The number of rotatable bonds is 5. The molecule has 2 aromatic rings. The summed E-state index contributed by atoms with van der Waals surface area (Å²) in [5, 5.41) is 4.82. The molecule has 0 saturated heterocycles. The Kier molecular flexibility index (Phi) is 4.99. The van der Waals surface area contributed by atoms with Crippen LogP contribution in [0.5, 0.6) is 0 Å². The fourth-order valence-corrected chi connectivity index (χ4v) is 3.16. The van der Waals surface area contributed by atoms with Crippen LogP contribution < -0.4 is 5.32 Å². The minimum atomic E-state index is -0.219. The van der Waals surface area contributed by atoms with Crippen LogP contribution in [0.4, 0.5) is 4.39 Å². The van der Waals surface area contributed by atoms with Gasteiger partial charge in [0, 0.05) is 6.54 Å². The highest BCUT2D eigenvalue weighted by molar-refractivity contribution is 8.01. The molecule has 1 N–H and O–H groups in total. The zero-order valence-electron chi connectivity index (χ0n) is 10.5. The Balaban J connectivity index is 1.78. The Labute approximate surface area is 120 Å². The summed E-state index contributed by atoms with van der Waals surface area (Å²) in [7, 11) is 0. The van der Waals surface area contributed by atoms with E-state index in [1.807, 2.05) is 17.5 Å². The highest BCUT2D eigenvalue weighted by atomic mass is 32.2. The maximum absolute atomic E-state index is 13.1. The molecule has 0 spiro atoms. The number of aryl methyl sites for hydroxylation is 1. The summed E-state index contributed by atoms with van der Waals surface area (Å²) in [5.74, 6) is 0.171. The van der Waals surface area contributed by atoms with Crippen molar-refractivity contribution in [1.82, 2.24) is 5.32 Å². The normalized spacial score (nSPS) is 10.4. The molecule has 1 amide bonds. The second-order valence-corrected chi connectivity index (χ2v) is 6.30. The third-order valence-electron chi connectivity index (χ3n) is 2.55. The number of hydrogen-bond acceptors (Lipinski definition) is 3. The Bertz CT molecular complexity index is 555. The van der Waals surface area contributed by atoms with E-state index in [9.17, 15) is 9.18 Å². The summed E-state index contributed by atoms with van der Waals surface area (Å²) in [6.07, 6.45) is 0. The van der Waals surface area contributed by atoms with Crippen molar-refractivity contribution < 1.29 is 9.18 Å². The number of nitrogens with one attached hydrogen (secondary N) is 1. The van der Waals surface area contributed by atoms with E-state index in [4.69, 9.17) is 0 Å². The molecule has 1 aromatic carbocycles. The number of thioether (sulfide) groups is 1. The van der Waals surface area contributed by atoms with E-state index in [-0.39, 0.29) is 11.7 Å². The van der Waals surface area contributed by atoms with Gasteiger partial charge in [-0.3, -0.25) is 4.79 Å². The summed E-state index contributed by atoms with van der Waals surface area (Å²) in [5.41, 5.74) is 1.51. The zero-order chi connectivity index (χ0) is 13.7. The number of carbonyl (C=O) groups excluding carboxylic acids is 1. The highest BCUT2D eigenvalue weighted by Gasteiger charge is 2.04. The van der Waals surface area contributed by atoms with Gasteiger partial charge in [-0.15, -0.1) is 23.1 Å². The summed E-state index contributed by atoms with van der Waals surface area (Å²) in [6.45, 7) is 2.15. The molecular formula is C14H14FNOS2. The van der Waals surface area contributed by atoms with Gasteiger partial charge in [-0.2, -0.15) is 0 Å². The number of carbonyl (C=O) groups is 1. The Morgan fingerprint density at radius 1 is 1.42 bits per heavy atom. The summed E-state index contributed by atoms with van der Waals surface area (Å²) in [4.78, 5) is 11.7. The number of hydrogen-bond donors (Lipinski definition) is 1. The lowest BCUT2D eigenvalue weighted by atomic mass is 10.1. The Morgan fingerprint density at radius 3 is 2.95 bits per heavy atom. The molecule has 0 fully saturated rings. The predicted octanol–water partition coefficient (Wildman–Crippen LogP) is 3.60. The van der Waals surface area contributed by atoms with Gasteiger partial charge in [0.15, 0.2) is 0 Å². The van der Waals surface area contributed by atoms with Gasteiger partial charge in [0.2, 0.25) is 5.91 Å². The first-order chi connectivity index (χ1) is 9.15. The van der Waals surface area contributed by atoms with Gasteiger partial charge in [-0.25, -0.2) is 4.39 Å². The molecule has 1 heterocycles. The number of benzene rings is 1. The standard InChI is InChI=1S/C14H14FNOS2/c1-10-7-11(4-5-12(10)15)8-16-13(17)9-19-14-3-2-6-18-14/h2-7H,8-9H2,1H3,(H,16,17). The summed E-state index contributed by atoms with van der Waals surface area (Å²) >= 11 is 3.15. The van der Waals surface area contributed by atoms with Gasteiger partial charge in [-0.05, 0) is 35.6 Å².